The van der Waals surface area contributed by atoms with Crippen molar-refractivity contribution < 1.29 is 17.9 Å². The number of nitrogens with zero attached hydrogens (tertiary/aromatic N) is 3. The number of sulfone groups is 1. The molecule has 7 nitrogen and oxygen atoms in total. The van der Waals surface area contributed by atoms with Gasteiger partial charge in [0.2, 0.25) is 0 Å². The Morgan fingerprint density at radius 3 is 2.72 bits per heavy atom. The molecule has 1 aromatic carbocycles. The normalized spacial score (nSPS) is 25.4. The highest BCUT2D eigenvalue weighted by atomic mass is 32.2. The Balaban J connectivity index is 1.88. The van der Waals surface area contributed by atoms with Crippen LogP contribution in [-0.2, 0) is 14.6 Å². The highest BCUT2D eigenvalue weighted by molar-refractivity contribution is 7.91. The number of amides is 1. The average Bonchev–Trinajstić information content (AvgIpc) is 2.94. The number of piperazine rings is 1. The Morgan fingerprint density at radius 2 is 2.00 bits per heavy atom. The summed E-state index contributed by atoms with van der Waals surface area (Å²) in [5, 5.41) is 9.24. The summed E-state index contributed by atoms with van der Waals surface area (Å²) in [7, 11) is -1.58. The van der Waals surface area contributed by atoms with Gasteiger partial charge >= 0.3 is 0 Å². The molecule has 0 saturated carbocycles. The Bertz CT molecular complexity index is 802. The molecule has 1 aromatic rings. The van der Waals surface area contributed by atoms with Gasteiger partial charge in [0.05, 0.1) is 41.4 Å². The van der Waals surface area contributed by atoms with E-state index in [1.807, 2.05) is 6.07 Å². The number of methoxy groups -OCH3 is 1. The van der Waals surface area contributed by atoms with Crippen molar-refractivity contribution >= 4 is 15.7 Å². The lowest BCUT2D eigenvalue weighted by Gasteiger charge is -2.43. The molecule has 0 aliphatic carbocycles. The zero-order valence-electron chi connectivity index (χ0n) is 14.1. The van der Waals surface area contributed by atoms with Crippen molar-refractivity contribution in [1.29, 1.82) is 5.26 Å². The van der Waals surface area contributed by atoms with Gasteiger partial charge < -0.3 is 9.64 Å². The molecular weight excluding hydrogens is 342 g/mol. The molecule has 2 aliphatic rings. The number of hydrogen-bond acceptors (Lipinski definition) is 6. The van der Waals surface area contributed by atoms with Gasteiger partial charge in [-0.25, -0.2) is 8.42 Å². The average molecular weight is 363 g/mol. The van der Waals surface area contributed by atoms with Crippen molar-refractivity contribution in [2.45, 2.75) is 12.1 Å². The summed E-state index contributed by atoms with van der Waals surface area (Å²) < 4.78 is 29.5. The standard InChI is InChI=1S/C17H21N3O4S/c1-24-9-8-19-6-7-20(16-12-25(22,23)11-15(16)19)17(21)14-5-3-2-4-13(14)10-18/h2-5,15-16H,6-9,11-12H2,1H3/t15-,16+/m1/s1. The first-order valence-corrected chi connectivity index (χ1v) is 10.0. The quantitative estimate of drug-likeness (QED) is 0.755. The Kier molecular flexibility index (Phi) is 5.08. The topological polar surface area (TPSA) is 90.7 Å². The maximum atomic E-state index is 13.0. The summed E-state index contributed by atoms with van der Waals surface area (Å²) >= 11 is 0. The maximum absolute atomic E-state index is 13.0. The van der Waals surface area contributed by atoms with E-state index in [0.717, 1.165) is 0 Å². The van der Waals surface area contributed by atoms with Crippen LogP contribution in [0.1, 0.15) is 15.9 Å². The summed E-state index contributed by atoms with van der Waals surface area (Å²) in [6, 6.07) is 8.09. The van der Waals surface area contributed by atoms with E-state index in [4.69, 9.17) is 4.74 Å². The summed E-state index contributed by atoms with van der Waals surface area (Å²) in [5.41, 5.74) is 0.644. The predicted octanol–water partition coefficient (Wildman–Crippen LogP) is 0.128. The fourth-order valence-electron chi connectivity index (χ4n) is 3.68. The molecule has 134 valence electrons. The fourth-order valence-corrected chi connectivity index (χ4v) is 5.70. The van der Waals surface area contributed by atoms with Crippen molar-refractivity contribution in [2.24, 2.45) is 0 Å². The predicted molar refractivity (Wildman–Crippen MR) is 91.9 cm³/mol. The van der Waals surface area contributed by atoms with Gasteiger partial charge in [-0.3, -0.25) is 9.69 Å². The molecule has 25 heavy (non-hydrogen) atoms. The molecular formula is C17H21N3O4S. The van der Waals surface area contributed by atoms with Gasteiger partial charge in [0.25, 0.3) is 5.91 Å². The number of rotatable bonds is 4. The van der Waals surface area contributed by atoms with Crippen LogP contribution in [0.15, 0.2) is 24.3 Å². The highest BCUT2D eigenvalue weighted by Crippen LogP contribution is 2.28. The lowest BCUT2D eigenvalue weighted by molar-refractivity contribution is 0.0247. The molecule has 0 spiro atoms. The number of carbonyl (C=O) groups excluding carboxylic acids is 1. The van der Waals surface area contributed by atoms with Gasteiger partial charge in [-0.05, 0) is 12.1 Å². The zero-order chi connectivity index (χ0) is 18.0. The second-order valence-electron chi connectivity index (χ2n) is 6.40. The molecule has 0 aromatic heterocycles. The Hall–Kier alpha value is -1.95. The molecule has 0 bridgehead atoms. The molecule has 1 amide bonds. The highest BCUT2D eigenvalue weighted by Gasteiger charge is 2.48. The summed E-state index contributed by atoms with van der Waals surface area (Å²) in [4.78, 5) is 16.7. The van der Waals surface area contributed by atoms with E-state index in [2.05, 4.69) is 4.90 Å². The second kappa shape index (κ2) is 7.12. The largest absolute Gasteiger partial charge is 0.383 e. The van der Waals surface area contributed by atoms with E-state index < -0.39 is 9.84 Å². The third-order valence-corrected chi connectivity index (χ3v) is 6.61. The van der Waals surface area contributed by atoms with Crippen LogP contribution in [0.2, 0.25) is 0 Å². The molecule has 0 unspecified atom stereocenters. The number of hydrogen-bond donors (Lipinski definition) is 0. The molecule has 8 heteroatoms. The lowest BCUT2D eigenvalue weighted by atomic mass is 10.0. The SMILES string of the molecule is COCCN1CCN(C(=O)c2ccccc2C#N)[C@H]2CS(=O)(=O)C[C@H]21. The summed E-state index contributed by atoms with van der Waals surface area (Å²) in [5.74, 6) is -0.234. The molecule has 2 atom stereocenters. The van der Waals surface area contributed by atoms with E-state index >= 15 is 0 Å². The van der Waals surface area contributed by atoms with Crippen molar-refractivity contribution in [3.8, 4) is 6.07 Å². The first kappa shape index (κ1) is 17.9. The molecule has 2 fully saturated rings. The minimum atomic E-state index is -3.19. The number of benzene rings is 1. The van der Waals surface area contributed by atoms with Crippen LogP contribution in [0, 0.1) is 11.3 Å². The minimum Gasteiger partial charge on any atom is -0.383 e. The van der Waals surface area contributed by atoms with Gasteiger partial charge in [0.15, 0.2) is 9.84 Å². The third kappa shape index (κ3) is 3.54. The second-order valence-corrected chi connectivity index (χ2v) is 8.55. The van der Waals surface area contributed by atoms with Crippen LogP contribution < -0.4 is 0 Å². The van der Waals surface area contributed by atoms with Crippen molar-refractivity contribution in [2.75, 3.05) is 44.9 Å². The van der Waals surface area contributed by atoms with Crippen molar-refractivity contribution in [3.05, 3.63) is 35.4 Å². The van der Waals surface area contributed by atoms with Crippen molar-refractivity contribution in [3.63, 3.8) is 0 Å². The summed E-state index contributed by atoms with van der Waals surface area (Å²) in [6.07, 6.45) is 0. The van der Waals surface area contributed by atoms with Crippen molar-refractivity contribution in [1.82, 2.24) is 9.80 Å². The third-order valence-electron chi connectivity index (χ3n) is 4.91. The molecule has 0 N–H and O–H groups in total. The van der Waals surface area contributed by atoms with Gasteiger partial charge in [0.1, 0.15) is 0 Å². The van der Waals surface area contributed by atoms with Crippen LogP contribution in [0.5, 0.6) is 0 Å². The number of ether oxygens (including phenoxy) is 1. The molecule has 2 aliphatic heterocycles. The van der Waals surface area contributed by atoms with Gasteiger partial charge in [0, 0.05) is 32.8 Å². The minimum absolute atomic E-state index is 0.0262. The molecule has 0 radical (unpaired) electrons. The molecule has 2 heterocycles. The van der Waals surface area contributed by atoms with Crippen LogP contribution >= 0.6 is 0 Å². The Morgan fingerprint density at radius 1 is 1.28 bits per heavy atom. The van der Waals surface area contributed by atoms with E-state index in [-0.39, 0.29) is 29.5 Å². The first-order valence-electron chi connectivity index (χ1n) is 8.20. The summed E-state index contributed by atoms with van der Waals surface area (Å²) in [6.45, 7) is 2.21. The van der Waals surface area contributed by atoms with Gasteiger partial charge in [-0.1, -0.05) is 12.1 Å². The lowest BCUT2D eigenvalue weighted by Crippen LogP contribution is -2.61. The van der Waals surface area contributed by atoms with E-state index in [9.17, 15) is 18.5 Å². The van der Waals surface area contributed by atoms with Crippen LogP contribution in [-0.4, -0.2) is 81.1 Å². The number of fused-ring (bicyclic) bond motifs is 1. The monoisotopic (exact) mass is 363 g/mol. The van der Waals surface area contributed by atoms with Crippen LogP contribution in [0.25, 0.3) is 0 Å². The van der Waals surface area contributed by atoms with Crippen LogP contribution in [0.4, 0.5) is 0 Å². The zero-order valence-corrected chi connectivity index (χ0v) is 14.9. The first-order chi connectivity index (χ1) is 12.0. The number of carbonyl (C=O) groups is 1. The van der Waals surface area contributed by atoms with Gasteiger partial charge in [-0.2, -0.15) is 5.26 Å². The maximum Gasteiger partial charge on any atom is 0.255 e. The molecule has 3 rings (SSSR count). The van der Waals surface area contributed by atoms with E-state index in [1.165, 1.54) is 0 Å². The number of nitriles is 1. The Labute approximate surface area is 147 Å². The van der Waals surface area contributed by atoms with E-state index in [1.54, 1.807) is 36.3 Å². The van der Waals surface area contributed by atoms with Crippen LogP contribution in [0.3, 0.4) is 0 Å². The van der Waals surface area contributed by atoms with E-state index in [0.29, 0.717) is 37.4 Å². The molecule has 2 saturated heterocycles. The smallest absolute Gasteiger partial charge is 0.255 e. The van der Waals surface area contributed by atoms with Gasteiger partial charge in [-0.15, -0.1) is 0 Å². The fraction of sp³-hybridized carbons (Fsp3) is 0.529.